The Bertz CT molecular complexity index is 375. The second kappa shape index (κ2) is 5.66. The average molecular weight is 267 g/mol. The lowest BCUT2D eigenvalue weighted by molar-refractivity contribution is -0.127. The summed E-state index contributed by atoms with van der Waals surface area (Å²) in [5.74, 6) is 0.129. The average Bonchev–Trinajstić information content (AvgIpc) is 2.38. The lowest BCUT2D eigenvalue weighted by Crippen LogP contribution is -2.37. The summed E-state index contributed by atoms with van der Waals surface area (Å²) in [6.07, 6.45) is 3.92. The summed E-state index contributed by atoms with van der Waals surface area (Å²) >= 11 is 0. The zero-order valence-electron chi connectivity index (χ0n) is 13.3. The van der Waals surface area contributed by atoms with Crippen molar-refractivity contribution in [3.8, 4) is 0 Å². The first-order chi connectivity index (χ1) is 8.55. The third-order valence-electron chi connectivity index (χ3n) is 4.30. The van der Waals surface area contributed by atoms with Crippen LogP contribution < -0.4 is 5.32 Å². The number of amides is 1. The fourth-order valence-corrected chi connectivity index (χ4v) is 2.56. The van der Waals surface area contributed by atoms with E-state index in [1.165, 1.54) is 5.57 Å². The van der Waals surface area contributed by atoms with Gasteiger partial charge in [-0.2, -0.15) is 0 Å². The Morgan fingerprint density at radius 1 is 1.37 bits per heavy atom. The van der Waals surface area contributed by atoms with Gasteiger partial charge in [-0.1, -0.05) is 34.1 Å². The molecule has 0 aromatic rings. The molecule has 2 N–H and O–H groups in total. The highest BCUT2D eigenvalue weighted by atomic mass is 16.3. The summed E-state index contributed by atoms with van der Waals surface area (Å²) in [4.78, 5) is 12.1. The zero-order valence-corrected chi connectivity index (χ0v) is 13.3. The number of carbonyl (C=O) groups is 1. The van der Waals surface area contributed by atoms with Gasteiger partial charge in [0.15, 0.2) is 0 Å². The van der Waals surface area contributed by atoms with Crippen molar-refractivity contribution < 1.29 is 9.90 Å². The number of carbonyl (C=O) groups excluding carboxylic acids is 1. The van der Waals surface area contributed by atoms with Gasteiger partial charge in [0.25, 0.3) is 0 Å². The van der Waals surface area contributed by atoms with Crippen LogP contribution in [0.25, 0.3) is 0 Å². The lowest BCUT2D eigenvalue weighted by atomic mass is 9.82. The molecule has 19 heavy (non-hydrogen) atoms. The molecule has 0 bridgehead atoms. The first-order valence-electron chi connectivity index (χ1n) is 7.29. The van der Waals surface area contributed by atoms with Crippen LogP contribution in [0.4, 0.5) is 0 Å². The van der Waals surface area contributed by atoms with Crippen LogP contribution in [0.5, 0.6) is 0 Å². The summed E-state index contributed by atoms with van der Waals surface area (Å²) in [5, 5.41) is 13.5. The molecule has 1 amide bonds. The van der Waals surface area contributed by atoms with E-state index >= 15 is 0 Å². The van der Waals surface area contributed by atoms with Crippen LogP contribution in [0.1, 0.15) is 67.2 Å². The summed E-state index contributed by atoms with van der Waals surface area (Å²) in [6.45, 7) is 11.7. The van der Waals surface area contributed by atoms with E-state index in [4.69, 9.17) is 0 Å². The van der Waals surface area contributed by atoms with Gasteiger partial charge in [-0.3, -0.25) is 4.79 Å². The molecule has 0 unspecified atom stereocenters. The quantitative estimate of drug-likeness (QED) is 0.716. The van der Waals surface area contributed by atoms with Crippen LogP contribution in [0, 0.1) is 11.3 Å². The largest absolute Gasteiger partial charge is 0.390 e. The molecule has 0 heterocycles. The number of rotatable bonds is 1. The molecule has 1 rings (SSSR count). The van der Waals surface area contributed by atoms with Gasteiger partial charge in [0.05, 0.1) is 5.60 Å². The van der Waals surface area contributed by atoms with E-state index in [2.05, 4.69) is 12.2 Å². The van der Waals surface area contributed by atoms with Crippen molar-refractivity contribution in [3.05, 3.63) is 11.3 Å². The van der Waals surface area contributed by atoms with Crippen LogP contribution in [0.2, 0.25) is 0 Å². The van der Waals surface area contributed by atoms with Crippen molar-refractivity contribution in [1.29, 1.82) is 0 Å². The van der Waals surface area contributed by atoms with E-state index in [1.54, 1.807) is 0 Å². The highest BCUT2D eigenvalue weighted by molar-refractivity contribution is 5.82. The molecule has 0 radical (unpaired) electrons. The van der Waals surface area contributed by atoms with Crippen molar-refractivity contribution in [2.45, 2.75) is 72.8 Å². The minimum absolute atomic E-state index is 0.0357. The lowest BCUT2D eigenvalue weighted by Gasteiger charge is -2.31. The van der Waals surface area contributed by atoms with E-state index in [0.717, 1.165) is 31.4 Å². The molecule has 1 aliphatic carbocycles. The molecule has 3 nitrogen and oxygen atoms in total. The molecule has 110 valence electrons. The summed E-state index contributed by atoms with van der Waals surface area (Å²) in [5.41, 5.74) is 1.06. The Balaban J connectivity index is 2.96. The normalized spacial score (nSPS) is 31.6. The molecule has 0 aliphatic heterocycles. The monoisotopic (exact) mass is 267 g/mol. The molecular weight excluding hydrogens is 238 g/mol. The van der Waals surface area contributed by atoms with Crippen molar-refractivity contribution in [1.82, 2.24) is 5.32 Å². The van der Waals surface area contributed by atoms with E-state index in [9.17, 15) is 9.90 Å². The smallest absolute Gasteiger partial charge is 0.229 e. The van der Waals surface area contributed by atoms with Crippen molar-refractivity contribution in [2.75, 3.05) is 0 Å². The second-order valence-electron chi connectivity index (χ2n) is 7.14. The van der Waals surface area contributed by atoms with Gasteiger partial charge >= 0.3 is 0 Å². The number of nitrogens with one attached hydrogen (secondary N) is 1. The van der Waals surface area contributed by atoms with Crippen LogP contribution in [0.3, 0.4) is 0 Å². The van der Waals surface area contributed by atoms with Gasteiger partial charge < -0.3 is 10.4 Å². The summed E-state index contributed by atoms with van der Waals surface area (Å²) in [7, 11) is 0. The Morgan fingerprint density at radius 3 is 2.47 bits per heavy atom. The van der Waals surface area contributed by atoms with E-state index in [-0.39, 0.29) is 11.8 Å². The predicted molar refractivity (Wildman–Crippen MR) is 78.6 cm³/mol. The molecule has 3 heteroatoms. The minimum Gasteiger partial charge on any atom is -0.390 e. The molecule has 2 atom stereocenters. The van der Waals surface area contributed by atoms with Crippen LogP contribution in [0.15, 0.2) is 11.3 Å². The second-order valence-corrected chi connectivity index (χ2v) is 7.14. The van der Waals surface area contributed by atoms with Crippen LogP contribution >= 0.6 is 0 Å². The highest BCUT2D eigenvalue weighted by Gasteiger charge is 2.34. The number of hydrogen-bond acceptors (Lipinski definition) is 2. The van der Waals surface area contributed by atoms with Crippen LogP contribution in [-0.4, -0.2) is 16.6 Å². The van der Waals surface area contributed by atoms with Crippen molar-refractivity contribution in [3.63, 3.8) is 0 Å². The Hall–Kier alpha value is -0.830. The van der Waals surface area contributed by atoms with E-state index in [1.807, 2.05) is 34.6 Å². The Morgan fingerprint density at radius 2 is 1.95 bits per heavy atom. The van der Waals surface area contributed by atoms with Crippen molar-refractivity contribution in [2.24, 2.45) is 11.3 Å². The van der Waals surface area contributed by atoms with Gasteiger partial charge in [-0.15, -0.1) is 0 Å². The fraction of sp³-hybridized carbons (Fsp3) is 0.812. The molecule has 0 aromatic carbocycles. The molecular formula is C16H29NO2. The standard InChI is InChI=1S/C16H29NO2/c1-11-13(9-7-8-10-16(11,6)19)12(2)17-14(18)15(3,4)5/h11,19H,7-10H2,1-6H3,(H,17,18)/b13-12-/t11-,16+/m1/s1. The van der Waals surface area contributed by atoms with Gasteiger partial charge in [-0.05, 0) is 38.7 Å². The Kier molecular flexibility index (Phi) is 4.83. The van der Waals surface area contributed by atoms with Gasteiger partial charge in [0.1, 0.15) is 0 Å². The molecule has 1 fully saturated rings. The van der Waals surface area contributed by atoms with Crippen molar-refractivity contribution >= 4 is 5.91 Å². The minimum atomic E-state index is -0.667. The van der Waals surface area contributed by atoms with Gasteiger partial charge in [0.2, 0.25) is 5.91 Å². The van der Waals surface area contributed by atoms with E-state index < -0.39 is 11.0 Å². The number of allylic oxidation sites excluding steroid dienone is 1. The third-order valence-corrected chi connectivity index (χ3v) is 4.30. The maximum Gasteiger partial charge on any atom is 0.229 e. The highest BCUT2D eigenvalue weighted by Crippen LogP contribution is 2.36. The molecule has 1 saturated carbocycles. The topological polar surface area (TPSA) is 49.3 Å². The third kappa shape index (κ3) is 4.07. The summed E-state index contributed by atoms with van der Waals surface area (Å²) in [6, 6.07) is 0. The fourth-order valence-electron chi connectivity index (χ4n) is 2.56. The molecule has 1 aliphatic rings. The maximum absolute atomic E-state index is 12.1. The zero-order chi connectivity index (χ0) is 14.8. The maximum atomic E-state index is 12.1. The summed E-state index contributed by atoms with van der Waals surface area (Å²) < 4.78 is 0. The van der Waals surface area contributed by atoms with Crippen LogP contribution in [-0.2, 0) is 4.79 Å². The predicted octanol–water partition coefficient (Wildman–Crippen LogP) is 3.38. The van der Waals surface area contributed by atoms with E-state index in [0.29, 0.717) is 0 Å². The first-order valence-corrected chi connectivity index (χ1v) is 7.29. The first kappa shape index (κ1) is 16.2. The SMILES string of the molecule is C/C(NC(=O)C(C)(C)C)=C1\CCCC[C@](C)(O)[C@@H]1C. The molecule has 0 spiro atoms. The molecule has 0 saturated heterocycles. The molecule has 0 aromatic heterocycles. The van der Waals surface area contributed by atoms with Gasteiger partial charge in [0, 0.05) is 17.0 Å². The van der Waals surface area contributed by atoms with Gasteiger partial charge in [-0.25, -0.2) is 0 Å². The number of aliphatic hydroxyl groups is 1. The Labute approximate surface area is 117 Å². The number of hydrogen-bond donors (Lipinski definition) is 2.